The lowest BCUT2D eigenvalue weighted by Gasteiger charge is -2.31. The van der Waals surface area contributed by atoms with Crippen LogP contribution in [0.15, 0.2) is 29.2 Å². The van der Waals surface area contributed by atoms with E-state index in [4.69, 9.17) is 33.7 Å². The number of aromatic nitrogens is 1. The van der Waals surface area contributed by atoms with Crippen molar-refractivity contribution in [2.75, 3.05) is 13.6 Å². The smallest absolute Gasteiger partial charge is 0.433 e. The second-order valence-electron chi connectivity index (χ2n) is 5.01. The molecule has 1 aromatic rings. The lowest BCUT2D eigenvalue weighted by atomic mass is 10.3. The van der Waals surface area contributed by atoms with E-state index in [0.29, 0.717) is 11.6 Å². The molecule has 1 aromatic heterocycles. The predicted octanol–water partition coefficient (Wildman–Crippen LogP) is 3.20. The van der Waals surface area contributed by atoms with Crippen LogP contribution in [-0.4, -0.2) is 47.0 Å². The molecular formula is C14H13Cl2F3N4O2S. The van der Waals surface area contributed by atoms with Crippen molar-refractivity contribution in [2.45, 2.75) is 18.2 Å². The number of aliphatic imine (C=N–C) groups is 1. The summed E-state index contributed by atoms with van der Waals surface area (Å²) < 4.78 is 44.3. The zero-order valence-corrected chi connectivity index (χ0v) is 15.6. The molecule has 0 amide bonds. The highest BCUT2D eigenvalue weighted by atomic mass is 35.5. The Balaban J connectivity index is 2.26. The van der Waals surface area contributed by atoms with Crippen molar-refractivity contribution in [3.05, 3.63) is 39.8 Å². The number of nitrogens with zero attached hydrogens (tertiary/aromatic N) is 3. The third kappa shape index (κ3) is 5.03. The molecule has 0 aromatic carbocycles. The number of carbonyl (C=O) groups is 1. The predicted molar refractivity (Wildman–Crippen MR) is 93.8 cm³/mol. The number of hydrogen-bond donors (Lipinski definition) is 1. The van der Waals surface area contributed by atoms with Gasteiger partial charge in [-0.15, -0.1) is 0 Å². The second kappa shape index (κ2) is 8.47. The first kappa shape index (κ1) is 20.8. The molecule has 0 spiro atoms. The average Bonchev–Trinajstić information content (AvgIpc) is 2.56. The largest absolute Gasteiger partial charge is 0.437 e. The molecule has 142 valence electrons. The normalized spacial score (nSPS) is 17.7. The molecule has 0 bridgehead atoms. The van der Waals surface area contributed by atoms with Crippen LogP contribution < -0.4 is 5.73 Å². The van der Waals surface area contributed by atoms with Gasteiger partial charge in [-0.2, -0.15) is 13.2 Å². The van der Waals surface area contributed by atoms with Gasteiger partial charge in [0, 0.05) is 36.8 Å². The van der Waals surface area contributed by atoms with Crippen molar-refractivity contribution >= 4 is 46.1 Å². The summed E-state index contributed by atoms with van der Waals surface area (Å²) in [6.45, 7) is -0.457. The van der Waals surface area contributed by atoms with Crippen LogP contribution in [0.3, 0.4) is 0 Å². The maximum atomic E-state index is 13.1. The molecule has 1 atom stereocenters. The van der Waals surface area contributed by atoms with Gasteiger partial charge < -0.3 is 15.4 Å². The first-order valence-corrected chi connectivity index (χ1v) is 8.78. The summed E-state index contributed by atoms with van der Waals surface area (Å²) in [5, 5.41) is 0.544. The fraction of sp³-hybridized carbons (Fsp3) is 0.357. The number of carbonyl (C=O) groups excluding carboxylic acids is 1. The summed E-state index contributed by atoms with van der Waals surface area (Å²) in [4.78, 5) is 20.1. The van der Waals surface area contributed by atoms with E-state index < -0.39 is 30.6 Å². The minimum atomic E-state index is -4.70. The minimum Gasteiger partial charge on any atom is -0.437 e. The lowest BCUT2D eigenvalue weighted by Crippen LogP contribution is -2.42. The Morgan fingerprint density at radius 3 is 2.54 bits per heavy atom. The highest BCUT2D eigenvalue weighted by molar-refractivity contribution is 8.13. The molecule has 6 nitrogen and oxygen atoms in total. The van der Waals surface area contributed by atoms with Gasteiger partial charge >= 0.3 is 12.1 Å². The number of esters is 1. The molecular weight excluding hydrogens is 416 g/mol. The lowest BCUT2D eigenvalue weighted by molar-refractivity contribution is -0.150. The van der Waals surface area contributed by atoms with Crippen LogP contribution in [-0.2, 0) is 15.3 Å². The second-order valence-corrected chi connectivity index (χ2v) is 6.77. The van der Waals surface area contributed by atoms with Gasteiger partial charge in [0.2, 0.25) is 0 Å². The summed E-state index contributed by atoms with van der Waals surface area (Å²) >= 11 is 13.0. The Kier molecular flexibility index (Phi) is 6.78. The van der Waals surface area contributed by atoms with Crippen LogP contribution in [0.2, 0.25) is 10.0 Å². The van der Waals surface area contributed by atoms with Crippen molar-refractivity contribution < 1.29 is 22.7 Å². The molecule has 1 aliphatic rings. The van der Waals surface area contributed by atoms with Crippen LogP contribution in [0.1, 0.15) is 5.56 Å². The summed E-state index contributed by atoms with van der Waals surface area (Å²) in [5.41, 5.74) is 4.49. The van der Waals surface area contributed by atoms with E-state index in [0.717, 1.165) is 11.8 Å². The number of pyridine rings is 1. The number of hydrogen-bond acceptors (Lipinski definition) is 7. The van der Waals surface area contributed by atoms with Crippen LogP contribution in [0.4, 0.5) is 13.2 Å². The maximum absolute atomic E-state index is 13.1. The zero-order valence-electron chi connectivity index (χ0n) is 13.3. The molecule has 0 saturated heterocycles. The Hall–Kier alpha value is -1.49. The zero-order chi connectivity index (χ0) is 19.5. The quantitative estimate of drug-likeness (QED) is 0.741. The fourth-order valence-electron chi connectivity index (χ4n) is 1.88. The van der Waals surface area contributed by atoms with Gasteiger partial charge in [0.25, 0.3) is 0 Å². The Labute approximate surface area is 161 Å². The Bertz CT molecular complexity index is 738. The van der Waals surface area contributed by atoms with Crippen LogP contribution >= 0.6 is 35.0 Å². The number of amidine groups is 1. The first-order chi connectivity index (χ1) is 12.1. The van der Waals surface area contributed by atoms with Crippen LogP contribution in [0.25, 0.3) is 0 Å². The molecule has 0 radical (unpaired) electrons. The Morgan fingerprint density at radius 1 is 1.38 bits per heavy atom. The van der Waals surface area contributed by atoms with Crippen molar-refractivity contribution in [1.29, 1.82) is 0 Å². The van der Waals surface area contributed by atoms with Gasteiger partial charge in [-0.3, -0.25) is 9.78 Å². The molecule has 2 heterocycles. The third-order valence-electron chi connectivity index (χ3n) is 3.21. The number of nitrogens with two attached hydrogens (primary N) is 1. The first-order valence-electron chi connectivity index (χ1n) is 7.04. The molecule has 2 rings (SSSR count). The van der Waals surface area contributed by atoms with Gasteiger partial charge in [0.05, 0.1) is 16.6 Å². The number of ether oxygens (including phenoxy) is 1. The number of alkyl halides is 3. The van der Waals surface area contributed by atoms with Crippen molar-refractivity contribution in [2.24, 2.45) is 10.7 Å². The summed E-state index contributed by atoms with van der Waals surface area (Å²) in [6.07, 6.45) is -2.52. The van der Waals surface area contributed by atoms with E-state index in [1.54, 1.807) is 0 Å². The van der Waals surface area contributed by atoms with Crippen LogP contribution in [0, 0.1) is 0 Å². The van der Waals surface area contributed by atoms with Crippen LogP contribution in [0.5, 0.6) is 0 Å². The standard InChI is InChI=1S/C14H13Cl2F3N4O2S/c1-23-11(25-12(24)3-20)2-10(14(17,18)19)22-13(23)26-6-7-8(15)4-21-5-9(7)16/h2,4-5,11H,3,6,20H2,1H3. The van der Waals surface area contributed by atoms with Crippen molar-refractivity contribution in [3.8, 4) is 0 Å². The average molecular weight is 429 g/mol. The molecule has 26 heavy (non-hydrogen) atoms. The molecule has 1 unspecified atom stereocenters. The number of thioether (sulfide) groups is 1. The SMILES string of the molecule is CN1C(SCc2c(Cl)cncc2Cl)=NC(C(F)(F)F)=CC1OC(=O)CN. The van der Waals surface area contributed by atoms with E-state index in [1.165, 1.54) is 24.3 Å². The summed E-state index contributed by atoms with van der Waals surface area (Å²) in [7, 11) is 1.44. The third-order valence-corrected chi connectivity index (χ3v) is 4.93. The monoisotopic (exact) mass is 428 g/mol. The van der Waals surface area contributed by atoms with Gasteiger partial charge in [0.15, 0.2) is 11.4 Å². The topological polar surface area (TPSA) is 80.8 Å². The number of rotatable bonds is 4. The van der Waals surface area contributed by atoms with Crippen molar-refractivity contribution in [1.82, 2.24) is 9.88 Å². The van der Waals surface area contributed by atoms with E-state index in [9.17, 15) is 18.0 Å². The highest BCUT2D eigenvalue weighted by Crippen LogP contribution is 2.34. The van der Waals surface area contributed by atoms with E-state index in [-0.39, 0.29) is 21.0 Å². The van der Waals surface area contributed by atoms with E-state index in [2.05, 4.69) is 9.98 Å². The molecule has 1 aliphatic heterocycles. The number of likely N-dealkylation sites (N-methyl/N-ethyl adjacent to an activating group) is 1. The number of halogens is 5. The van der Waals surface area contributed by atoms with Gasteiger partial charge in [0.1, 0.15) is 5.70 Å². The summed E-state index contributed by atoms with van der Waals surface area (Å²) in [5.74, 6) is -0.697. The summed E-state index contributed by atoms with van der Waals surface area (Å²) in [6, 6.07) is 0. The van der Waals surface area contributed by atoms with Gasteiger partial charge in [-0.25, -0.2) is 4.99 Å². The molecule has 12 heteroatoms. The Morgan fingerprint density at radius 2 is 2.00 bits per heavy atom. The van der Waals surface area contributed by atoms with Crippen molar-refractivity contribution in [3.63, 3.8) is 0 Å². The van der Waals surface area contributed by atoms with Gasteiger partial charge in [-0.1, -0.05) is 35.0 Å². The molecule has 0 aliphatic carbocycles. The highest BCUT2D eigenvalue weighted by Gasteiger charge is 2.39. The minimum absolute atomic E-state index is 0.0152. The van der Waals surface area contributed by atoms with Gasteiger partial charge in [-0.05, 0) is 0 Å². The number of allylic oxidation sites excluding steroid dienone is 1. The molecule has 0 saturated carbocycles. The molecule has 2 N–H and O–H groups in total. The van der Waals surface area contributed by atoms with E-state index >= 15 is 0 Å². The fourth-order valence-corrected chi connectivity index (χ4v) is 3.59. The maximum Gasteiger partial charge on any atom is 0.433 e. The van der Waals surface area contributed by atoms with E-state index in [1.807, 2.05) is 0 Å². The molecule has 0 fully saturated rings.